The summed E-state index contributed by atoms with van der Waals surface area (Å²) >= 11 is 1.56. The minimum absolute atomic E-state index is 0.657. The van der Waals surface area contributed by atoms with Gasteiger partial charge < -0.3 is 15.1 Å². The molecule has 0 fully saturated rings. The number of hydrogen-bond acceptors (Lipinski definition) is 5. The fourth-order valence-corrected chi connectivity index (χ4v) is 2.53. The molecule has 0 aliphatic rings. The third-order valence-electron chi connectivity index (χ3n) is 2.89. The second-order valence-electron chi connectivity index (χ2n) is 4.36. The van der Waals surface area contributed by atoms with Crippen LogP contribution in [0.5, 0.6) is 0 Å². The number of rotatable bonds is 3. The summed E-state index contributed by atoms with van der Waals surface area (Å²) in [5.74, 6) is 2.25. The highest BCUT2D eigenvalue weighted by atomic mass is 32.2. The second-order valence-corrected chi connectivity index (χ2v) is 5.32. The molecule has 2 aromatic heterocycles. The third kappa shape index (κ3) is 2.44. The first-order valence-electron chi connectivity index (χ1n) is 5.93. The van der Waals surface area contributed by atoms with Crippen molar-refractivity contribution in [2.24, 2.45) is 0 Å². The van der Waals surface area contributed by atoms with Gasteiger partial charge >= 0.3 is 0 Å². The summed E-state index contributed by atoms with van der Waals surface area (Å²) in [7, 11) is 0. The van der Waals surface area contributed by atoms with Crippen molar-refractivity contribution in [2.45, 2.75) is 24.8 Å². The number of anilines is 1. The van der Waals surface area contributed by atoms with E-state index in [1.807, 2.05) is 32.0 Å². The molecule has 1 aromatic carbocycles. The van der Waals surface area contributed by atoms with E-state index in [1.165, 1.54) is 0 Å². The molecule has 3 rings (SSSR count). The number of H-pyrrole nitrogens is 1. The van der Waals surface area contributed by atoms with Crippen molar-refractivity contribution in [3.8, 4) is 0 Å². The van der Waals surface area contributed by atoms with Gasteiger partial charge in [-0.3, -0.25) is 0 Å². The summed E-state index contributed by atoms with van der Waals surface area (Å²) in [5, 5.41) is 0.842. The Morgan fingerprint density at radius 3 is 2.89 bits per heavy atom. The van der Waals surface area contributed by atoms with E-state index in [0.717, 1.165) is 39.2 Å². The van der Waals surface area contributed by atoms with E-state index in [-0.39, 0.29) is 0 Å². The monoisotopic (exact) mass is 274 g/mol. The van der Waals surface area contributed by atoms with Crippen LogP contribution in [-0.2, 0) is 5.75 Å². The van der Waals surface area contributed by atoms with Gasteiger partial charge in [0, 0.05) is 5.69 Å². The summed E-state index contributed by atoms with van der Waals surface area (Å²) in [6.45, 7) is 3.86. The number of fused-ring (bicyclic) bond motifs is 1. The standard InChI is InChI=1S/C13H14N4OS/c1-7-8(2)18-12(15-7)6-19-13-16-10-4-3-9(14)5-11(10)17-13/h3-5H,6,14H2,1-2H3,(H,16,17). The average Bonchev–Trinajstić information content (AvgIpc) is 2.90. The molecule has 6 heteroatoms. The first-order valence-corrected chi connectivity index (χ1v) is 6.91. The number of aryl methyl sites for hydroxylation is 2. The number of aromatic amines is 1. The van der Waals surface area contributed by atoms with Crippen LogP contribution in [0.3, 0.4) is 0 Å². The highest BCUT2D eigenvalue weighted by Crippen LogP contribution is 2.24. The zero-order valence-electron chi connectivity index (χ0n) is 10.7. The van der Waals surface area contributed by atoms with Crippen LogP contribution in [0.15, 0.2) is 27.8 Å². The minimum atomic E-state index is 0.657. The topological polar surface area (TPSA) is 80.7 Å². The van der Waals surface area contributed by atoms with Crippen molar-refractivity contribution in [1.82, 2.24) is 15.0 Å². The van der Waals surface area contributed by atoms with E-state index < -0.39 is 0 Å². The van der Waals surface area contributed by atoms with Gasteiger partial charge in [-0.25, -0.2) is 9.97 Å². The molecule has 0 aliphatic carbocycles. The second kappa shape index (κ2) is 4.62. The Hall–Kier alpha value is -1.95. The van der Waals surface area contributed by atoms with Crippen LogP contribution >= 0.6 is 11.8 Å². The van der Waals surface area contributed by atoms with Gasteiger partial charge in [0.25, 0.3) is 0 Å². The molecule has 2 heterocycles. The number of nitrogens with one attached hydrogen (secondary N) is 1. The fourth-order valence-electron chi connectivity index (χ4n) is 1.80. The molecule has 0 atom stereocenters. The number of aromatic nitrogens is 3. The van der Waals surface area contributed by atoms with E-state index in [2.05, 4.69) is 15.0 Å². The van der Waals surface area contributed by atoms with Crippen molar-refractivity contribution in [3.63, 3.8) is 0 Å². The van der Waals surface area contributed by atoms with Gasteiger partial charge in [0.2, 0.25) is 5.89 Å². The summed E-state index contributed by atoms with van der Waals surface area (Å²) in [5.41, 5.74) is 9.26. The lowest BCUT2D eigenvalue weighted by atomic mass is 10.3. The number of oxazole rings is 1. The molecular formula is C13H14N4OS. The van der Waals surface area contributed by atoms with Crippen LogP contribution in [0.2, 0.25) is 0 Å². The van der Waals surface area contributed by atoms with Gasteiger partial charge in [-0.1, -0.05) is 11.8 Å². The van der Waals surface area contributed by atoms with Gasteiger partial charge in [0.05, 0.1) is 22.5 Å². The van der Waals surface area contributed by atoms with Crippen molar-refractivity contribution >= 4 is 28.5 Å². The van der Waals surface area contributed by atoms with Gasteiger partial charge in [-0.05, 0) is 32.0 Å². The molecule has 0 amide bonds. The maximum atomic E-state index is 5.74. The van der Waals surface area contributed by atoms with Crippen LogP contribution in [0, 0.1) is 13.8 Å². The lowest BCUT2D eigenvalue weighted by Crippen LogP contribution is -1.82. The van der Waals surface area contributed by atoms with Gasteiger partial charge in [-0.2, -0.15) is 0 Å². The molecule has 0 aliphatic heterocycles. The maximum Gasteiger partial charge on any atom is 0.205 e. The summed E-state index contributed by atoms with van der Waals surface area (Å²) in [4.78, 5) is 12.1. The Morgan fingerprint density at radius 2 is 2.16 bits per heavy atom. The number of benzene rings is 1. The Morgan fingerprint density at radius 1 is 1.32 bits per heavy atom. The first-order chi connectivity index (χ1) is 9.11. The van der Waals surface area contributed by atoms with Gasteiger partial charge in [0.15, 0.2) is 5.16 Å². The quantitative estimate of drug-likeness (QED) is 0.566. The lowest BCUT2D eigenvalue weighted by molar-refractivity contribution is 0.489. The van der Waals surface area contributed by atoms with Crippen LogP contribution < -0.4 is 5.73 Å². The molecule has 0 bridgehead atoms. The predicted octanol–water partition coefficient (Wildman–Crippen LogP) is 3.04. The number of nitrogen functional groups attached to an aromatic ring is 1. The molecule has 98 valence electrons. The molecule has 3 N–H and O–H groups in total. The zero-order chi connectivity index (χ0) is 13.4. The zero-order valence-corrected chi connectivity index (χ0v) is 11.5. The number of imidazole rings is 1. The molecule has 0 unspecified atom stereocenters. The molecule has 19 heavy (non-hydrogen) atoms. The Kier molecular flexibility index (Phi) is 2.94. The van der Waals surface area contributed by atoms with E-state index >= 15 is 0 Å². The van der Waals surface area contributed by atoms with Gasteiger partial charge in [0.1, 0.15) is 5.76 Å². The Labute approximate surface area is 114 Å². The number of nitrogens with zero attached hydrogens (tertiary/aromatic N) is 2. The lowest BCUT2D eigenvalue weighted by Gasteiger charge is -1.92. The maximum absolute atomic E-state index is 5.74. The molecule has 0 saturated heterocycles. The van der Waals surface area contributed by atoms with Crippen LogP contribution in [0.4, 0.5) is 5.69 Å². The van der Waals surface area contributed by atoms with Crippen molar-refractivity contribution in [2.75, 3.05) is 5.73 Å². The van der Waals surface area contributed by atoms with Gasteiger partial charge in [-0.15, -0.1) is 0 Å². The van der Waals surface area contributed by atoms with Crippen LogP contribution in [0.25, 0.3) is 11.0 Å². The largest absolute Gasteiger partial charge is 0.445 e. The first kappa shape index (κ1) is 12.1. The Bertz CT molecular complexity index is 712. The van der Waals surface area contributed by atoms with Crippen molar-refractivity contribution in [3.05, 3.63) is 35.5 Å². The van der Waals surface area contributed by atoms with Crippen molar-refractivity contribution < 1.29 is 4.42 Å². The molecule has 0 saturated carbocycles. The summed E-state index contributed by atoms with van der Waals surface area (Å²) in [6, 6.07) is 5.63. The average molecular weight is 274 g/mol. The number of nitrogens with two attached hydrogens (primary N) is 1. The number of hydrogen-bond donors (Lipinski definition) is 2. The minimum Gasteiger partial charge on any atom is -0.445 e. The van der Waals surface area contributed by atoms with E-state index in [9.17, 15) is 0 Å². The predicted molar refractivity (Wildman–Crippen MR) is 76.0 cm³/mol. The van der Waals surface area contributed by atoms with Crippen LogP contribution in [0.1, 0.15) is 17.3 Å². The smallest absolute Gasteiger partial charge is 0.205 e. The number of thioether (sulfide) groups is 1. The highest BCUT2D eigenvalue weighted by molar-refractivity contribution is 7.98. The summed E-state index contributed by atoms with van der Waals surface area (Å²) < 4.78 is 5.54. The third-order valence-corrected chi connectivity index (χ3v) is 3.75. The van der Waals surface area contributed by atoms with Crippen LogP contribution in [-0.4, -0.2) is 15.0 Å². The molecule has 0 radical (unpaired) electrons. The fraction of sp³-hybridized carbons (Fsp3) is 0.231. The van der Waals surface area contributed by atoms with E-state index in [1.54, 1.807) is 11.8 Å². The Balaban J connectivity index is 1.78. The molecule has 3 aromatic rings. The molecule has 5 nitrogen and oxygen atoms in total. The summed E-state index contributed by atoms with van der Waals surface area (Å²) in [6.07, 6.45) is 0. The SMILES string of the molecule is Cc1nc(CSc2nc3ccc(N)cc3[nH]2)oc1C. The van der Waals surface area contributed by atoms with E-state index in [4.69, 9.17) is 10.2 Å². The highest BCUT2D eigenvalue weighted by Gasteiger charge is 2.08. The van der Waals surface area contributed by atoms with E-state index in [0.29, 0.717) is 5.75 Å². The molecular weight excluding hydrogens is 260 g/mol. The normalized spacial score (nSPS) is 11.3. The van der Waals surface area contributed by atoms with Crippen molar-refractivity contribution in [1.29, 1.82) is 0 Å². The molecule has 0 spiro atoms.